The molecule has 0 aromatic carbocycles. The van der Waals surface area contributed by atoms with Gasteiger partial charge in [-0.3, -0.25) is 14.4 Å². The van der Waals surface area contributed by atoms with Gasteiger partial charge >= 0.3 is 5.97 Å². The van der Waals surface area contributed by atoms with Crippen molar-refractivity contribution in [2.45, 2.75) is 38.6 Å². The zero-order valence-corrected chi connectivity index (χ0v) is 15.2. The quantitative estimate of drug-likeness (QED) is 0.682. The van der Waals surface area contributed by atoms with Crippen LogP contribution in [0.2, 0.25) is 0 Å². The number of carboxylic acid groups (broad SMARTS) is 1. The van der Waals surface area contributed by atoms with Gasteiger partial charge in [-0.1, -0.05) is 0 Å². The highest BCUT2D eigenvalue weighted by atomic mass is 32.2. The van der Waals surface area contributed by atoms with E-state index in [0.29, 0.717) is 45.3 Å². The molecular weight excluding hydrogens is 350 g/mol. The van der Waals surface area contributed by atoms with Gasteiger partial charge in [-0.25, -0.2) is 8.42 Å². The van der Waals surface area contributed by atoms with Crippen molar-refractivity contribution in [1.82, 2.24) is 14.1 Å². The number of amides is 2. The molecule has 0 bridgehead atoms. The summed E-state index contributed by atoms with van der Waals surface area (Å²) in [6.07, 6.45) is 2.30. The molecule has 0 aliphatic carbocycles. The van der Waals surface area contributed by atoms with Crippen molar-refractivity contribution in [3.8, 4) is 0 Å². The molecule has 10 heteroatoms. The van der Waals surface area contributed by atoms with Gasteiger partial charge in [-0.2, -0.15) is 4.31 Å². The minimum absolute atomic E-state index is 0.0884. The molecule has 2 amide bonds. The fourth-order valence-corrected chi connectivity index (χ4v) is 4.87. The Balaban J connectivity index is 1.95. The molecule has 2 saturated heterocycles. The second-order valence-electron chi connectivity index (χ2n) is 6.51. The highest BCUT2D eigenvalue weighted by Gasteiger charge is 2.32. The van der Waals surface area contributed by atoms with Crippen LogP contribution >= 0.6 is 0 Å². The van der Waals surface area contributed by atoms with Crippen molar-refractivity contribution < 1.29 is 27.9 Å². The van der Waals surface area contributed by atoms with Crippen molar-refractivity contribution in [3.05, 3.63) is 0 Å². The standard InChI is InChI=1S/C15H25N3O6S/c1-12(19)18(11-15(21)22)13-4-2-6-16(8-5-13)14(20)10-17-7-3-9-25(17,23)24/h13H,2-11H2,1H3,(H,21,22). The molecule has 1 unspecified atom stereocenters. The first-order chi connectivity index (χ1) is 11.7. The Labute approximate surface area is 147 Å². The van der Waals surface area contributed by atoms with Gasteiger partial charge in [-0.15, -0.1) is 0 Å². The molecule has 0 radical (unpaired) electrons. The summed E-state index contributed by atoms with van der Waals surface area (Å²) in [6.45, 7) is 2.11. The predicted octanol–water partition coefficient (Wildman–Crippen LogP) is -0.664. The highest BCUT2D eigenvalue weighted by molar-refractivity contribution is 7.89. The summed E-state index contributed by atoms with van der Waals surface area (Å²) in [5, 5.41) is 8.96. The summed E-state index contributed by atoms with van der Waals surface area (Å²) in [7, 11) is -3.31. The maximum atomic E-state index is 12.4. The molecule has 25 heavy (non-hydrogen) atoms. The molecule has 1 atom stereocenters. The van der Waals surface area contributed by atoms with Gasteiger partial charge < -0.3 is 14.9 Å². The molecule has 2 aliphatic heterocycles. The van der Waals surface area contributed by atoms with Crippen molar-refractivity contribution >= 4 is 27.8 Å². The van der Waals surface area contributed by atoms with Gasteiger partial charge in [-0.05, 0) is 25.7 Å². The summed E-state index contributed by atoms with van der Waals surface area (Å²) in [4.78, 5) is 38.0. The van der Waals surface area contributed by atoms with E-state index < -0.39 is 16.0 Å². The van der Waals surface area contributed by atoms with E-state index in [1.807, 2.05) is 0 Å². The monoisotopic (exact) mass is 375 g/mol. The third kappa shape index (κ3) is 5.15. The number of hydrogen-bond donors (Lipinski definition) is 1. The van der Waals surface area contributed by atoms with E-state index in [1.165, 1.54) is 16.1 Å². The number of rotatable bonds is 5. The van der Waals surface area contributed by atoms with E-state index in [4.69, 9.17) is 5.11 Å². The summed E-state index contributed by atoms with van der Waals surface area (Å²) in [5.74, 6) is -1.51. The van der Waals surface area contributed by atoms with Crippen LogP contribution in [-0.2, 0) is 24.4 Å². The third-order valence-electron chi connectivity index (χ3n) is 4.72. The van der Waals surface area contributed by atoms with Crippen molar-refractivity contribution in [1.29, 1.82) is 0 Å². The van der Waals surface area contributed by atoms with Crippen LogP contribution < -0.4 is 0 Å². The van der Waals surface area contributed by atoms with Gasteiger partial charge in [0, 0.05) is 32.6 Å². The Morgan fingerprint density at radius 1 is 1.12 bits per heavy atom. The third-order valence-corrected chi connectivity index (χ3v) is 6.62. The highest BCUT2D eigenvalue weighted by Crippen LogP contribution is 2.19. The molecule has 1 N–H and O–H groups in total. The smallest absolute Gasteiger partial charge is 0.323 e. The van der Waals surface area contributed by atoms with Crippen molar-refractivity contribution in [2.75, 3.05) is 38.5 Å². The van der Waals surface area contributed by atoms with Crippen LogP contribution in [0.15, 0.2) is 0 Å². The molecule has 0 saturated carbocycles. The van der Waals surface area contributed by atoms with E-state index >= 15 is 0 Å². The molecule has 0 aromatic rings. The average Bonchev–Trinajstić information content (AvgIpc) is 2.73. The maximum absolute atomic E-state index is 12.4. The molecule has 9 nitrogen and oxygen atoms in total. The normalized spacial score (nSPS) is 23.9. The minimum atomic E-state index is -3.31. The Morgan fingerprint density at radius 2 is 1.84 bits per heavy atom. The van der Waals surface area contributed by atoms with Gasteiger partial charge in [0.2, 0.25) is 21.8 Å². The summed E-state index contributed by atoms with van der Waals surface area (Å²) >= 11 is 0. The molecule has 2 aliphatic rings. The van der Waals surface area contributed by atoms with E-state index in [0.717, 1.165) is 0 Å². The largest absolute Gasteiger partial charge is 0.480 e. The van der Waals surface area contributed by atoms with Gasteiger partial charge in [0.05, 0.1) is 12.3 Å². The Bertz CT molecular complexity index is 635. The SMILES string of the molecule is CC(=O)N(CC(=O)O)C1CCCN(C(=O)CN2CCCS2(=O)=O)CC1. The average molecular weight is 375 g/mol. The van der Waals surface area contributed by atoms with E-state index in [1.54, 1.807) is 4.90 Å². The zero-order valence-electron chi connectivity index (χ0n) is 14.4. The Kier molecular flexibility index (Phi) is 6.39. The van der Waals surface area contributed by atoms with E-state index in [-0.39, 0.29) is 36.7 Å². The van der Waals surface area contributed by atoms with Crippen LogP contribution in [0.3, 0.4) is 0 Å². The van der Waals surface area contributed by atoms with Crippen LogP contribution in [0, 0.1) is 0 Å². The fourth-order valence-electron chi connectivity index (χ4n) is 3.40. The fraction of sp³-hybridized carbons (Fsp3) is 0.800. The molecule has 2 fully saturated rings. The molecule has 2 rings (SSSR count). The van der Waals surface area contributed by atoms with Crippen molar-refractivity contribution in [3.63, 3.8) is 0 Å². The zero-order chi connectivity index (χ0) is 18.6. The number of carboxylic acids is 1. The molecule has 0 aromatic heterocycles. The van der Waals surface area contributed by atoms with Crippen LogP contribution in [0.4, 0.5) is 0 Å². The lowest BCUT2D eigenvalue weighted by Gasteiger charge is -2.29. The van der Waals surface area contributed by atoms with Crippen LogP contribution in [-0.4, -0.2) is 89.9 Å². The van der Waals surface area contributed by atoms with Gasteiger partial charge in [0.25, 0.3) is 0 Å². The maximum Gasteiger partial charge on any atom is 0.323 e. The molecule has 0 spiro atoms. The summed E-state index contributed by atoms with van der Waals surface area (Å²) < 4.78 is 24.9. The van der Waals surface area contributed by atoms with E-state index in [9.17, 15) is 22.8 Å². The lowest BCUT2D eigenvalue weighted by molar-refractivity contribution is -0.145. The lowest BCUT2D eigenvalue weighted by atomic mass is 10.1. The topological polar surface area (TPSA) is 115 Å². The Morgan fingerprint density at radius 3 is 2.40 bits per heavy atom. The molecule has 142 valence electrons. The summed E-state index contributed by atoms with van der Waals surface area (Å²) in [5.41, 5.74) is 0. The number of carbonyl (C=O) groups is 3. The van der Waals surface area contributed by atoms with Crippen LogP contribution in [0.25, 0.3) is 0 Å². The predicted molar refractivity (Wildman–Crippen MR) is 89.2 cm³/mol. The Hall–Kier alpha value is -1.68. The minimum Gasteiger partial charge on any atom is -0.480 e. The number of sulfonamides is 1. The van der Waals surface area contributed by atoms with Crippen molar-refractivity contribution in [2.24, 2.45) is 0 Å². The molecule has 2 heterocycles. The first-order valence-corrected chi connectivity index (χ1v) is 10.1. The number of nitrogens with zero attached hydrogens (tertiary/aromatic N) is 3. The summed E-state index contributed by atoms with van der Waals surface area (Å²) in [6, 6.07) is -0.220. The second-order valence-corrected chi connectivity index (χ2v) is 8.60. The first-order valence-electron chi connectivity index (χ1n) is 8.45. The molecular formula is C15H25N3O6S. The van der Waals surface area contributed by atoms with Crippen LogP contribution in [0.1, 0.15) is 32.6 Å². The van der Waals surface area contributed by atoms with Gasteiger partial charge in [0.15, 0.2) is 0 Å². The number of hydrogen-bond acceptors (Lipinski definition) is 5. The van der Waals surface area contributed by atoms with Gasteiger partial charge in [0.1, 0.15) is 6.54 Å². The number of likely N-dealkylation sites (tertiary alicyclic amines) is 1. The first kappa shape index (κ1) is 19.6. The second kappa shape index (κ2) is 8.13. The number of aliphatic carboxylic acids is 1. The van der Waals surface area contributed by atoms with E-state index in [2.05, 4.69) is 0 Å². The number of carbonyl (C=O) groups excluding carboxylic acids is 2. The lowest BCUT2D eigenvalue weighted by Crippen LogP contribution is -2.44. The van der Waals surface area contributed by atoms with Crippen LogP contribution in [0.5, 0.6) is 0 Å².